The van der Waals surface area contributed by atoms with Gasteiger partial charge in [0.1, 0.15) is 5.52 Å². The molecule has 102 valence electrons. The van der Waals surface area contributed by atoms with Crippen molar-refractivity contribution in [2.75, 3.05) is 13.2 Å². The lowest BCUT2D eigenvalue weighted by molar-refractivity contribution is 0.0953. The number of fused-ring (bicyclic) bond motifs is 1. The summed E-state index contributed by atoms with van der Waals surface area (Å²) < 4.78 is 5.13. The van der Waals surface area contributed by atoms with Crippen molar-refractivity contribution >= 4 is 17.0 Å². The lowest BCUT2D eigenvalue weighted by Gasteiger charge is -2.04. The molecule has 1 amide bonds. The zero-order valence-corrected chi connectivity index (χ0v) is 10.8. The second-order valence-electron chi connectivity index (χ2n) is 4.43. The fourth-order valence-electron chi connectivity index (χ4n) is 1.89. The molecule has 5 heteroatoms. The van der Waals surface area contributed by atoms with Crippen LogP contribution in [0.4, 0.5) is 0 Å². The molecule has 2 aromatic rings. The summed E-state index contributed by atoms with van der Waals surface area (Å²) in [6.07, 6.45) is 5.14. The van der Waals surface area contributed by atoms with Crippen molar-refractivity contribution in [2.45, 2.75) is 25.7 Å². The van der Waals surface area contributed by atoms with E-state index >= 15 is 0 Å². The van der Waals surface area contributed by atoms with E-state index in [-0.39, 0.29) is 12.5 Å². The van der Waals surface area contributed by atoms with Gasteiger partial charge in [-0.1, -0.05) is 12.8 Å². The summed E-state index contributed by atoms with van der Waals surface area (Å²) in [6.45, 7) is 0.894. The monoisotopic (exact) mass is 262 g/mol. The smallest absolute Gasteiger partial charge is 0.251 e. The number of carbonyl (C=O) groups is 1. The molecule has 0 spiro atoms. The first-order valence-corrected chi connectivity index (χ1v) is 6.53. The maximum Gasteiger partial charge on any atom is 0.251 e. The zero-order valence-electron chi connectivity index (χ0n) is 10.8. The molecule has 0 aliphatic rings. The van der Waals surface area contributed by atoms with Crippen LogP contribution < -0.4 is 5.32 Å². The Morgan fingerprint density at radius 3 is 2.95 bits per heavy atom. The van der Waals surface area contributed by atoms with Crippen LogP contribution in [0.15, 0.2) is 29.0 Å². The van der Waals surface area contributed by atoms with Gasteiger partial charge in [0.05, 0.1) is 0 Å². The van der Waals surface area contributed by atoms with Crippen molar-refractivity contribution in [1.29, 1.82) is 0 Å². The fraction of sp³-hybridized carbons (Fsp3) is 0.429. The second-order valence-corrected chi connectivity index (χ2v) is 4.43. The summed E-state index contributed by atoms with van der Waals surface area (Å²) in [5, 5.41) is 11.5. The molecule has 0 fully saturated rings. The molecule has 0 aliphatic heterocycles. The van der Waals surface area contributed by atoms with E-state index in [1.165, 1.54) is 6.39 Å². The van der Waals surface area contributed by atoms with Crippen molar-refractivity contribution in [2.24, 2.45) is 0 Å². The first-order valence-electron chi connectivity index (χ1n) is 6.53. The quantitative estimate of drug-likeness (QED) is 0.749. The van der Waals surface area contributed by atoms with Gasteiger partial charge in [0.15, 0.2) is 12.0 Å². The van der Waals surface area contributed by atoms with Gasteiger partial charge in [-0.15, -0.1) is 0 Å². The van der Waals surface area contributed by atoms with Gasteiger partial charge in [0, 0.05) is 18.7 Å². The van der Waals surface area contributed by atoms with Gasteiger partial charge in [0.2, 0.25) is 0 Å². The van der Waals surface area contributed by atoms with Crippen molar-refractivity contribution in [3.05, 3.63) is 30.2 Å². The largest absolute Gasteiger partial charge is 0.443 e. The highest BCUT2D eigenvalue weighted by Gasteiger charge is 2.07. The van der Waals surface area contributed by atoms with Crippen molar-refractivity contribution in [3.8, 4) is 0 Å². The molecule has 1 aromatic carbocycles. The molecular weight excluding hydrogens is 244 g/mol. The van der Waals surface area contributed by atoms with E-state index in [1.807, 2.05) is 0 Å². The van der Waals surface area contributed by atoms with Gasteiger partial charge in [-0.3, -0.25) is 4.79 Å². The topological polar surface area (TPSA) is 75.4 Å². The number of benzene rings is 1. The predicted octanol–water partition coefficient (Wildman–Crippen LogP) is 2.11. The van der Waals surface area contributed by atoms with E-state index in [4.69, 9.17) is 9.52 Å². The van der Waals surface area contributed by atoms with Crippen LogP contribution >= 0.6 is 0 Å². The number of oxazole rings is 1. The number of nitrogens with one attached hydrogen (secondary N) is 1. The highest BCUT2D eigenvalue weighted by atomic mass is 16.3. The summed E-state index contributed by atoms with van der Waals surface area (Å²) in [4.78, 5) is 15.9. The number of aliphatic hydroxyl groups is 1. The SMILES string of the molecule is O=C(NCCCCCCO)c1ccc2ocnc2c1. The number of carbonyl (C=O) groups excluding carboxylic acids is 1. The van der Waals surface area contributed by atoms with Crippen LogP contribution in [0.2, 0.25) is 0 Å². The minimum atomic E-state index is -0.0907. The predicted molar refractivity (Wildman–Crippen MR) is 71.9 cm³/mol. The number of hydrogen-bond acceptors (Lipinski definition) is 4. The van der Waals surface area contributed by atoms with E-state index in [1.54, 1.807) is 18.2 Å². The Kier molecular flexibility index (Phi) is 4.92. The molecule has 2 rings (SSSR count). The van der Waals surface area contributed by atoms with Gasteiger partial charge in [-0.05, 0) is 31.0 Å². The lowest BCUT2D eigenvalue weighted by atomic mass is 10.1. The number of aliphatic hydroxyl groups excluding tert-OH is 1. The highest BCUT2D eigenvalue weighted by Crippen LogP contribution is 2.14. The molecule has 0 atom stereocenters. The summed E-state index contributed by atoms with van der Waals surface area (Å²) in [5.74, 6) is -0.0907. The van der Waals surface area contributed by atoms with Crippen LogP contribution in [-0.4, -0.2) is 29.1 Å². The van der Waals surface area contributed by atoms with Gasteiger partial charge < -0.3 is 14.8 Å². The maximum atomic E-state index is 11.9. The van der Waals surface area contributed by atoms with Crippen molar-refractivity contribution in [3.63, 3.8) is 0 Å². The number of hydrogen-bond donors (Lipinski definition) is 2. The Balaban J connectivity index is 1.79. The molecule has 1 aromatic heterocycles. The average Bonchev–Trinajstić information content (AvgIpc) is 2.89. The Hall–Kier alpha value is -1.88. The van der Waals surface area contributed by atoms with Crippen LogP contribution in [0.25, 0.3) is 11.1 Å². The Morgan fingerprint density at radius 2 is 2.11 bits per heavy atom. The van der Waals surface area contributed by atoms with E-state index < -0.39 is 0 Å². The first-order chi connectivity index (χ1) is 9.31. The van der Waals surface area contributed by atoms with Crippen LogP contribution in [0, 0.1) is 0 Å². The minimum Gasteiger partial charge on any atom is -0.443 e. The number of rotatable bonds is 7. The Labute approximate surface area is 111 Å². The van der Waals surface area contributed by atoms with Gasteiger partial charge in [0.25, 0.3) is 5.91 Å². The second kappa shape index (κ2) is 6.89. The molecule has 0 bridgehead atoms. The summed E-state index contributed by atoms with van der Waals surface area (Å²) >= 11 is 0. The molecule has 2 N–H and O–H groups in total. The minimum absolute atomic E-state index is 0.0907. The number of amides is 1. The molecule has 0 aliphatic carbocycles. The van der Waals surface area contributed by atoms with Crippen LogP contribution in [0.5, 0.6) is 0 Å². The molecule has 0 radical (unpaired) electrons. The van der Waals surface area contributed by atoms with E-state index in [0.717, 1.165) is 25.7 Å². The van der Waals surface area contributed by atoms with Crippen molar-refractivity contribution < 1.29 is 14.3 Å². The Morgan fingerprint density at radius 1 is 1.26 bits per heavy atom. The fourth-order valence-corrected chi connectivity index (χ4v) is 1.89. The summed E-state index contributed by atoms with van der Waals surface area (Å²) in [7, 11) is 0. The van der Waals surface area contributed by atoms with E-state index in [0.29, 0.717) is 23.2 Å². The van der Waals surface area contributed by atoms with Crippen molar-refractivity contribution in [1.82, 2.24) is 10.3 Å². The normalized spacial score (nSPS) is 10.8. The van der Waals surface area contributed by atoms with Crippen LogP contribution in [0.3, 0.4) is 0 Å². The summed E-state index contributed by atoms with van der Waals surface area (Å²) in [6, 6.07) is 5.20. The van der Waals surface area contributed by atoms with Crippen LogP contribution in [-0.2, 0) is 0 Å². The van der Waals surface area contributed by atoms with Gasteiger partial charge in [-0.2, -0.15) is 0 Å². The number of unbranched alkanes of at least 4 members (excludes halogenated alkanes) is 3. The Bertz CT molecular complexity index is 536. The lowest BCUT2D eigenvalue weighted by Crippen LogP contribution is -2.24. The maximum absolute atomic E-state index is 11.9. The molecule has 5 nitrogen and oxygen atoms in total. The van der Waals surface area contributed by atoms with E-state index in [9.17, 15) is 4.79 Å². The van der Waals surface area contributed by atoms with Gasteiger partial charge >= 0.3 is 0 Å². The first kappa shape index (κ1) is 13.5. The highest BCUT2D eigenvalue weighted by molar-refractivity contribution is 5.96. The molecule has 1 heterocycles. The standard InChI is InChI=1S/C14H18N2O3/c17-8-4-2-1-3-7-15-14(18)11-5-6-13-12(9-11)16-10-19-13/h5-6,9-10,17H,1-4,7-8H2,(H,15,18). The number of aromatic nitrogens is 1. The van der Waals surface area contributed by atoms with Gasteiger partial charge in [-0.25, -0.2) is 4.98 Å². The molecule has 0 unspecified atom stereocenters. The third kappa shape index (κ3) is 3.79. The third-order valence-electron chi connectivity index (χ3n) is 2.96. The molecular formula is C14H18N2O3. The van der Waals surface area contributed by atoms with E-state index in [2.05, 4.69) is 10.3 Å². The van der Waals surface area contributed by atoms with Crippen LogP contribution in [0.1, 0.15) is 36.0 Å². The molecule has 0 saturated heterocycles. The third-order valence-corrected chi connectivity index (χ3v) is 2.96. The molecule has 19 heavy (non-hydrogen) atoms. The molecule has 0 saturated carbocycles. The zero-order chi connectivity index (χ0) is 13.5. The summed E-state index contributed by atoms with van der Waals surface area (Å²) in [5.41, 5.74) is 1.97. The number of nitrogens with zero attached hydrogens (tertiary/aromatic N) is 1. The average molecular weight is 262 g/mol.